The first-order valence-electron chi connectivity index (χ1n) is 6.52. The van der Waals surface area contributed by atoms with Gasteiger partial charge in [-0.2, -0.15) is 0 Å². The molecule has 1 unspecified atom stereocenters. The fourth-order valence-corrected chi connectivity index (χ4v) is 2.79. The van der Waals surface area contributed by atoms with Crippen molar-refractivity contribution in [3.63, 3.8) is 0 Å². The third-order valence-electron chi connectivity index (χ3n) is 2.94. The maximum Gasteiger partial charge on any atom is 0.123 e. The monoisotopic (exact) mass is 276 g/mol. The summed E-state index contributed by atoms with van der Waals surface area (Å²) in [6, 6.07) is 4.34. The molecule has 5 heteroatoms. The Bertz CT molecular complexity index is 524. The maximum absolute atomic E-state index is 5.72. The molecule has 0 aliphatic rings. The number of nitrogens with two attached hydrogens (primary N) is 1. The third kappa shape index (κ3) is 4.29. The minimum absolute atomic E-state index is 0.383. The average molecular weight is 276 g/mol. The van der Waals surface area contributed by atoms with Crippen LogP contribution in [0.3, 0.4) is 0 Å². The second-order valence-electron chi connectivity index (χ2n) is 4.61. The van der Waals surface area contributed by atoms with Crippen molar-refractivity contribution in [1.82, 2.24) is 15.3 Å². The third-order valence-corrected chi connectivity index (χ3v) is 3.76. The molecule has 0 radical (unpaired) electrons. The van der Waals surface area contributed by atoms with Gasteiger partial charge in [0, 0.05) is 24.0 Å². The van der Waals surface area contributed by atoms with Crippen LogP contribution in [-0.2, 0) is 12.8 Å². The molecule has 0 aliphatic heterocycles. The van der Waals surface area contributed by atoms with E-state index in [2.05, 4.69) is 27.6 Å². The van der Waals surface area contributed by atoms with Crippen LogP contribution in [0.25, 0.3) is 0 Å². The van der Waals surface area contributed by atoms with Gasteiger partial charge in [-0.1, -0.05) is 6.92 Å². The van der Waals surface area contributed by atoms with Gasteiger partial charge < -0.3 is 11.1 Å². The molecule has 2 rings (SSSR count). The van der Waals surface area contributed by atoms with Gasteiger partial charge in [0.05, 0.1) is 10.7 Å². The number of aromatic nitrogens is 2. The van der Waals surface area contributed by atoms with E-state index in [1.807, 2.05) is 19.1 Å². The largest absolute Gasteiger partial charge is 0.384 e. The molecule has 2 aromatic heterocycles. The number of nitrogens with zero attached hydrogens (tertiary/aromatic N) is 2. The smallest absolute Gasteiger partial charge is 0.123 e. The zero-order valence-corrected chi connectivity index (χ0v) is 12.2. The lowest BCUT2D eigenvalue weighted by Gasteiger charge is -2.17. The molecule has 19 heavy (non-hydrogen) atoms. The van der Waals surface area contributed by atoms with Crippen LogP contribution in [-0.4, -0.2) is 22.6 Å². The molecule has 0 fully saturated rings. The Morgan fingerprint density at radius 3 is 2.89 bits per heavy atom. The van der Waals surface area contributed by atoms with Crippen LogP contribution in [0.15, 0.2) is 23.7 Å². The summed E-state index contributed by atoms with van der Waals surface area (Å²) in [5.74, 6) is 0.581. The summed E-state index contributed by atoms with van der Waals surface area (Å²) >= 11 is 1.70. The van der Waals surface area contributed by atoms with Gasteiger partial charge in [0.1, 0.15) is 5.82 Å². The summed E-state index contributed by atoms with van der Waals surface area (Å²) in [6.07, 6.45) is 3.65. The number of thiazole rings is 1. The molecule has 0 saturated heterocycles. The SMILES string of the molecule is CCNC(Cc1ccnc(N)c1)Cc1csc(C)n1. The second kappa shape index (κ2) is 6.63. The van der Waals surface area contributed by atoms with Crippen molar-refractivity contribution in [3.05, 3.63) is 40.0 Å². The summed E-state index contributed by atoms with van der Waals surface area (Å²) in [4.78, 5) is 8.56. The molecule has 3 N–H and O–H groups in total. The molecule has 102 valence electrons. The van der Waals surface area contributed by atoms with E-state index >= 15 is 0 Å². The molecular formula is C14H20N4S. The van der Waals surface area contributed by atoms with E-state index in [4.69, 9.17) is 5.73 Å². The maximum atomic E-state index is 5.72. The number of hydrogen-bond acceptors (Lipinski definition) is 5. The molecule has 0 saturated carbocycles. The summed E-state index contributed by atoms with van der Waals surface area (Å²) in [5, 5.41) is 6.77. The van der Waals surface area contributed by atoms with Gasteiger partial charge in [0.15, 0.2) is 0 Å². The number of nitrogens with one attached hydrogen (secondary N) is 1. The van der Waals surface area contributed by atoms with Crippen LogP contribution in [0.5, 0.6) is 0 Å². The van der Waals surface area contributed by atoms with Gasteiger partial charge in [-0.25, -0.2) is 9.97 Å². The van der Waals surface area contributed by atoms with Crippen LogP contribution in [0.2, 0.25) is 0 Å². The highest BCUT2D eigenvalue weighted by Crippen LogP contribution is 2.13. The van der Waals surface area contributed by atoms with E-state index in [1.165, 1.54) is 5.56 Å². The molecule has 1 atom stereocenters. The van der Waals surface area contributed by atoms with E-state index < -0.39 is 0 Å². The van der Waals surface area contributed by atoms with Gasteiger partial charge in [0.2, 0.25) is 0 Å². The Labute approximate surface area is 118 Å². The first kappa shape index (κ1) is 14.0. The van der Waals surface area contributed by atoms with Crippen molar-refractivity contribution in [1.29, 1.82) is 0 Å². The van der Waals surface area contributed by atoms with Crippen molar-refractivity contribution in [2.24, 2.45) is 0 Å². The lowest BCUT2D eigenvalue weighted by atomic mass is 10.0. The lowest BCUT2D eigenvalue weighted by molar-refractivity contribution is 0.517. The fraction of sp³-hybridized carbons (Fsp3) is 0.429. The Kier molecular flexibility index (Phi) is 4.87. The number of pyridine rings is 1. The average Bonchev–Trinajstić information content (AvgIpc) is 2.75. The van der Waals surface area contributed by atoms with E-state index in [1.54, 1.807) is 17.5 Å². The van der Waals surface area contributed by atoms with E-state index in [0.717, 1.165) is 30.1 Å². The Hall–Kier alpha value is -1.46. The first-order chi connectivity index (χ1) is 9.17. The van der Waals surface area contributed by atoms with Crippen LogP contribution < -0.4 is 11.1 Å². The van der Waals surface area contributed by atoms with Crippen LogP contribution in [0.1, 0.15) is 23.2 Å². The van der Waals surface area contributed by atoms with Crippen LogP contribution in [0, 0.1) is 6.92 Å². The van der Waals surface area contributed by atoms with Crippen molar-refractivity contribution in [2.45, 2.75) is 32.7 Å². The second-order valence-corrected chi connectivity index (χ2v) is 5.67. The van der Waals surface area contributed by atoms with Crippen LogP contribution >= 0.6 is 11.3 Å². The topological polar surface area (TPSA) is 63.8 Å². The summed E-state index contributed by atoms with van der Waals surface area (Å²) in [7, 11) is 0. The number of hydrogen-bond donors (Lipinski definition) is 2. The predicted molar refractivity (Wildman–Crippen MR) is 80.4 cm³/mol. The Morgan fingerprint density at radius 2 is 2.26 bits per heavy atom. The number of aryl methyl sites for hydroxylation is 1. The highest BCUT2D eigenvalue weighted by atomic mass is 32.1. The quantitative estimate of drug-likeness (QED) is 0.849. The molecule has 0 bridgehead atoms. The molecule has 0 aliphatic carbocycles. The summed E-state index contributed by atoms with van der Waals surface area (Å²) < 4.78 is 0. The minimum atomic E-state index is 0.383. The molecule has 0 amide bonds. The molecule has 2 heterocycles. The van der Waals surface area contributed by atoms with E-state index in [0.29, 0.717) is 11.9 Å². The fourth-order valence-electron chi connectivity index (χ4n) is 2.17. The van der Waals surface area contributed by atoms with Gasteiger partial charge in [-0.05, 0) is 37.6 Å². The van der Waals surface area contributed by atoms with Crippen LogP contribution in [0.4, 0.5) is 5.82 Å². The number of rotatable bonds is 6. The van der Waals surface area contributed by atoms with E-state index in [-0.39, 0.29) is 0 Å². The lowest BCUT2D eigenvalue weighted by Crippen LogP contribution is -2.33. The van der Waals surface area contributed by atoms with Crippen molar-refractivity contribution in [2.75, 3.05) is 12.3 Å². The normalized spacial score (nSPS) is 12.5. The zero-order chi connectivity index (χ0) is 13.7. The number of likely N-dealkylation sites (N-methyl/N-ethyl adjacent to an activating group) is 1. The standard InChI is InChI=1S/C14H20N4S/c1-3-16-12(8-13-9-19-10(2)18-13)6-11-4-5-17-14(15)7-11/h4-5,7,9,12,16H,3,6,8H2,1-2H3,(H2,15,17). The molecule has 0 spiro atoms. The van der Waals surface area contributed by atoms with Crippen molar-refractivity contribution >= 4 is 17.2 Å². The molecular weight excluding hydrogens is 256 g/mol. The molecule has 2 aromatic rings. The van der Waals surface area contributed by atoms with Gasteiger partial charge >= 0.3 is 0 Å². The van der Waals surface area contributed by atoms with Gasteiger partial charge in [-0.15, -0.1) is 11.3 Å². The van der Waals surface area contributed by atoms with E-state index in [9.17, 15) is 0 Å². The predicted octanol–water partition coefficient (Wildman–Crippen LogP) is 2.19. The van der Waals surface area contributed by atoms with Crippen molar-refractivity contribution in [3.8, 4) is 0 Å². The summed E-state index contributed by atoms with van der Waals surface area (Å²) in [5.41, 5.74) is 8.10. The molecule has 4 nitrogen and oxygen atoms in total. The highest BCUT2D eigenvalue weighted by molar-refractivity contribution is 7.09. The van der Waals surface area contributed by atoms with Gasteiger partial charge in [0.25, 0.3) is 0 Å². The number of nitrogen functional groups attached to an aromatic ring is 1. The minimum Gasteiger partial charge on any atom is -0.384 e. The first-order valence-corrected chi connectivity index (χ1v) is 7.40. The molecule has 0 aromatic carbocycles. The summed E-state index contributed by atoms with van der Waals surface area (Å²) in [6.45, 7) is 5.12. The van der Waals surface area contributed by atoms with Gasteiger partial charge in [-0.3, -0.25) is 0 Å². The van der Waals surface area contributed by atoms with Crippen molar-refractivity contribution < 1.29 is 0 Å². The Morgan fingerprint density at radius 1 is 1.42 bits per heavy atom. The zero-order valence-electron chi connectivity index (χ0n) is 11.4. The Balaban J connectivity index is 2.03. The highest BCUT2D eigenvalue weighted by Gasteiger charge is 2.11. The number of anilines is 1.